The molecule has 0 fully saturated rings. The Morgan fingerprint density at radius 1 is 1.50 bits per heavy atom. The number of aromatic nitrogens is 2. The summed E-state index contributed by atoms with van der Waals surface area (Å²) in [6, 6.07) is 0. The van der Waals surface area contributed by atoms with Gasteiger partial charge in [0, 0.05) is 17.8 Å². The highest BCUT2D eigenvalue weighted by molar-refractivity contribution is 5.96. The molecule has 0 saturated carbocycles. The second-order valence-corrected chi connectivity index (χ2v) is 5.63. The molecule has 1 amide bonds. The van der Waals surface area contributed by atoms with Gasteiger partial charge in [0.05, 0.1) is 11.3 Å². The summed E-state index contributed by atoms with van der Waals surface area (Å²) in [5, 5.41) is 9.89. The van der Waals surface area contributed by atoms with Crippen molar-refractivity contribution in [2.24, 2.45) is 11.7 Å². The minimum absolute atomic E-state index is 0.104. The van der Waals surface area contributed by atoms with Crippen molar-refractivity contribution in [3.8, 4) is 0 Å². The lowest BCUT2D eigenvalue weighted by atomic mass is 9.90. The molecule has 0 bridgehead atoms. The Morgan fingerprint density at radius 3 is 2.50 bits per heavy atom. The third-order valence-corrected chi connectivity index (χ3v) is 3.08. The number of aromatic amines is 1. The van der Waals surface area contributed by atoms with Gasteiger partial charge >= 0.3 is 0 Å². The highest BCUT2D eigenvalue weighted by Crippen LogP contribution is 2.17. The van der Waals surface area contributed by atoms with Crippen LogP contribution in [0.3, 0.4) is 0 Å². The number of nitrogens with zero attached hydrogens (tertiary/aromatic N) is 1. The Labute approximate surface area is 109 Å². The third kappa shape index (κ3) is 3.32. The van der Waals surface area contributed by atoms with E-state index in [1.165, 1.54) is 0 Å². The molecule has 0 radical (unpaired) electrons. The zero-order chi connectivity index (χ0) is 13.9. The van der Waals surface area contributed by atoms with Crippen LogP contribution in [0.2, 0.25) is 0 Å². The van der Waals surface area contributed by atoms with Crippen LogP contribution in [0.1, 0.15) is 48.9 Å². The van der Waals surface area contributed by atoms with Gasteiger partial charge in [-0.2, -0.15) is 5.10 Å². The van der Waals surface area contributed by atoms with Crippen LogP contribution in [0, 0.1) is 19.8 Å². The van der Waals surface area contributed by atoms with Gasteiger partial charge in [-0.1, -0.05) is 13.8 Å². The zero-order valence-corrected chi connectivity index (χ0v) is 11.9. The van der Waals surface area contributed by atoms with E-state index in [2.05, 4.69) is 29.4 Å². The van der Waals surface area contributed by atoms with Crippen LogP contribution >= 0.6 is 0 Å². The van der Waals surface area contributed by atoms with Crippen LogP contribution in [-0.4, -0.2) is 28.2 Å². The second kappa shape index (κ2) is 5.52. The van der Waals surface area contributed by atoms with E-state index < -0.39 is 0 Å². The molecule has 1 unspecified atom stereocenters. The lowest BCUT2D eigenvalue weighted by Crippen LogP contribution is -2.52. The number of nitrogens with one attached hydrogen (secondary N) is 2. The summed E-state index contributed by atoms with van der Waals surface area (Å²) >= 11 is 0. The molecule has 1 heterocycles. The molecule has 5 nitrogen and oxygen atoms in total. The minimum atomic E-state index is -0.374. The highest BCUT2D eigenvalue weighted by Gasteiger charge is 2.28. The average Bonchev–Trinajstić information content (AvgIpc) is 2.57. The van der Waals surface area contributed by atoms with Crippen molar-refractivity contribution in [1.29, 1.82) is 0 Å². The van der Waals surface area contributed by atoms with Crippen molar-refractivity contribution < 1.29 is 4.79 Å². The van der Waals surface area contributed by atoms with Gasteiger partial charge in [0.2, 0.25) is 0 Å². The topological polar surface area (TPSA) is 83.8 Å². The third-order valence-electron chi connectivity index (χ3n) is 3.08. The summed E-state index contributed by atoms with van der Waals surface area (Å²) in [5.74, 6) is 0.373. The number of H-pyrrole nitrogens is 1. The molecular formula is C13H24N4O. The molecule has 0 aliphatic heterocycles. The molecule has 102 valence electrons. The molecule has 0 aliphatic rings. The summed E-state index contributed by atoms with van der Waals surface area (Å²) in [5.41, 5.74) is 7.55. The Hall–Kier alpha value is -1.36. The highest BCUT2D eigenvalue weighted by atomic mass is 16.1. The van der Waals surface area contributed by atoms with Crippen molar-refractivity contribution in [3.05, 3.63) is 17.0 Å². The number of carbonyl (C=O) groups is 1. The second-order valence-electron chi connectivity index (χ2n) is 5.63. The van der Waals surface area contributed by atoms with Crippen LogP contribution in [0.25, 0.3) is 0 Å². The van der Waals surface area contributed by atoms with Gasteiger partial charge < -0.3 is 11.1 Å². The number of aryl methyl sites for hydroxylation is 2. The zero-order valence-electron chi connectivity index (χ0n) is 11.9. The van der Waals surface area contributed by atoms with Crippen molar-refractivity contribution >= 4 is 5.91 Å². The van der Waals surface area contributed by atoms with E-state index in [-0.39, 0.29) is 11.4 Å². The summed E-state index contributed by atoms with van der Waals surface area (Å²) in [4.78, 5) is 12.3. The molecule has 1 rings (SSSR count). The monoisotopic (exact) mass is 252 g/mol. The molecule has 1 aromatic rings. The largest absolute Gasteiger partial charge is 0.345 e. The number of amides is 1. The van der Waals surface area contributed by atoms with Gasteiger partial charge in [0.15, 0.2) is 0 Å². The number of nitrogens with two attached hydrogens (primary N) is 1. The lowest BCUT2D eigenvalue weighted by molar-refractivity contribution is 0.0897. The normalized spacial score (nSPS) is 14.6. The van der Waals surface area contributed by atoms with E-state index in [0.717, 1.165) is 12.1 Å². The summed E-state index contributed by atoms with van der Waals surface area (Å²) in [6.45, 7) is 10.3. The van der Waals surface area contributed by atoms with Crippen molar-refractivity contribution in [2.75, 3.05) is 6.54 Å². The van der Waals surface area contributed by atoms with E-state index in [9.17, 15) is 4.79 Å². The minimum Gasteiger partial charge on any atom is -0.345 e. The maximum absolute atomic E-state index is 12.3. The molecule has 0 spiro atoms. The predicted molar refractivity (Wildman–Crippen MR) is 72.4 cm³/mol. The van der Waals surface area contributed by atoms with Crippen LogP contribution in [0.5, 0.6) is 0 Å². The number of rotatable bonds is 5. The Balaban J connectivity index is 2.86. The standard InChI is InChI=1S/C13H24N4O/c1-8(2)6-13(5,7-14)15-12(18)11-9(3)16-17-10(11)4/h8H,6-7,14H2,1-5H3,(H,15,18)(H,16,17). The molecule has 0 aromatic carbocycles. The van der Waals surface area contributed by atoms with Gasteiger partial charge in [-0.05, 0) is 33.1 Å². The van der Waals surface area contributed by atoms with Gasteiger partial charge in [-0.25, -0.2) is 0 Å². The fourth-order valence-electron chi connectivity index (χ4n) is 2.31. The number of hydrogen-bond acceptors (Lipinski definition) is 3. The van der Waals surface area contributed by atoms with E-state index in [0.29, 0.717) is 23.7 Å². The van der Waals surface area contributed by atoms with Crippen molar-refractivity contribution in [1.82, 2.24) is 15.5 Å². The smallest absolute Gasteiger partial charge is 0.255 e. The van der Waals surface area contributed by atoms with Gasteiger partial charge in [-0.15, -0.1) is 0 Å². The summed E-state index contributed by atoms with van der Waals surface area (Å²) in [7, 11) is 0. The quantitative estimate of drug-likeness (QED) is 0.743. The van der Waals surface area contributed by atoms with Crippen LogP contribution in [0.15, 0.2) is 0 Å². The van der Waals surface area contributed by atoms with E-state index in [4.69, 9.17) is 5.73 Å². The van der Waals surface area contributed by atoms with Crippen molar-refractivity contribution in [2.45, 2.75) is 46.6 Å². The van der Waals surface area contributed by atoms with E-state index in [1.54, 1.807) is 0 Å². The average molecular weight is 252 g/mol. The fourth-order valence-corrected chi connectivity index (χ4v) is 2.31. The van der Waals surface area contributed by atoms with Gasteiger partial charge in [0.25, 0.3) is 5.91 Å². The predicted octanol–water partition coefficient (Wildman–Crippen LogP) is 1.52. The Kier molecular flexibility index (Phi) is 4.51. The van der Waals surface area contributed by atoms with Gasteiger partial charge in [-0.3, -0.25) is 9.89 Å². The lowest BCUT2D eigenvalue weighted by Gasteiger charge is -2.31. The SMILES string of the molecule is Cc1n[nH]c(C)c1C(=O)NC(C)(CN)CC(C)C. The molecule has 1 aromatic heterocycles. The van der Waals surface area contributed by atoms with Crippen LogP contribution in [0.4, 0.5) is 0 Å². The van der Waals surface area contributed by atoms with E-state index >= 15 is 0 Å². The van der Waals surface area contributed by atoms with Crippen LogP contribution in [-0.2, 0) is 0 Å². The number of carbonyl (C=O) groups excluding carboxylic acids is 1. The Bertz CT molecular complexity index is 405. The maximum Gasteiger partial charge on any atom is 0.255 e. The Morgan fingerprint density at radius 2 is 2.11 bits per heavy atom. The number of hydrogen-bond donors (Lipinski definition) is 3. The maximum atomic E-state index is 12.3. The summed E-state index contributed by atoms with van der Waals surface area (Å²) in [6.07, 6.45) is 0.852. The first-order chi connectivity index (χ1) is 8.29. The first kappa shape index (κ1) is 14.7. The molecule has 0 aliphatic carbocycles. The van der Waals surface area contributed by atoms with Crippen molar-refractivity contribution in [3.63, 3.8) is 0 Å². The first-order valence-corrected chi connectivity index (χ1v) is 6.33. The molecule has 5 heteroatoms. The van der Waals surface area contributed by atoms with Gasteiger partial charge in [0.1, 0.15) is 0 Å². The molecule has 0 saturated heterocycles. The van der Waals surface area contributed by atoms with Crippen LogP contribution < -0.4 is 11.1 Å². The molecule has 1 atom stereocenters. The summed E-state index contributed by atoms with van der Waals surface area (Å²) < 4.78 is 0. The fraction of sp³-hybridized carbons (Fsp3) is 0.692. The molecule has 4 N–H and O–H groups in total. The van der Waals surface area contributed by atoms with E-state index in [1.807, 2.05) is 20.8 Å². The first-order valence-electron chi connectivity index (χ1n) is 6.33. The molecule has 18 heavy (non-hydrogen) atoms. The molecular weight excluding hydrogens is 228 g/mol.